The van der Waals surface area contributed by atoms with Crippen molar-refractivity contribution in [2.75, 3.05) is 13.2 Å². The van der Waals surface area contributed by atoms with Crippen LogP contribution in [0.5, 0.6) is 0 Å². The fourth-order valence-electron chi connectivity index (χ4n) is 6.35. The molecule has 9 atom stereocenters. The minimum absolute atomic E-state index is 0.0187. The van der Waals surface area contributed by atoms with Gasteiger partial charge in [0.2, 0.25) is 0 Å². The van der Waals surface area contributed by atoms with Gasteiger partial charge in [0.15, 0.2) is 6.10 Å². The number of ether oxygens (including phenoxy) is 2. The second-order valence-electron chi connectivity index (χ2n) is 16.1. The Morgan fingerprint density at radius 3 is 1.68 bits per heavy atom. The fraction of sp³-hybridized carbons (Fsp3) is 0.608. The van der Waals surface area contributed by atoms with Crippen molar-refractivity contribution < 1.29 is 68.2 Å². The zero-order valence-electron chi connectivity index (χ0n) is 39.3. The number of esters is 2. The predicted molar refractivity (Wildman–Crippen MR) is 259 cm³/mol. The molecule has 1 fully saturated rings. The van der Waals surface area contributed by atoms with Gasteiger partial charge in [0.1, 0.15) is 43.2 Å². The molecule has 15 heteroatoms. The number of phosphoric ester groups is 1. The Labute approximate surface area is 394 Å². The number of allylic oxidation sites excluding steroid dienone is 16. The molecule has 1 aliphatic rings. The highest BCUT2D eigenvalue weighted by atomic mass is 31.2. The Morgan fingerprint density at radius 2 is 1.08 bits per heavy atom. The van der Waals surface area contributed by atoms with Gasteiger partial charge in [0, 0.05) is 12.8 Å². The molecule has 4 unspecified atom stereocenters. The van der Waals surface area contributed by atoms with Crippen LogP contribution in [0.2, 0.25) is 0 Å². The fourth-order valence-corrected chi connectivity index (χ4v) is 7.33. The number of hydrogen-bond donors (Lipinski definition) is 7. The van der Waals surface area contributed by atoms with Gasteiger partial charge in [-0.1, -0.05) is 155 Å². The third kappa shape index (κ3) is 31.4. The lowest BCUT2D eigenvalue weighted by Gasteiger charge is -2.41. The van der Waals surface area contributed by atoms with Gasteiger partial charge in [-0.3, -0.25) is 18.6 Å². The van der Waals surface area contributed by atoms with E-state index in [1.807, 2.05) is 24.3 Å². The van der Waals surface area contributed by atoms with Crippen LogP contribution in [0.3, 0.4) is 0 Å². The standard InChI is InChI=1S/C51H81O14P/c1-3-5-7-9-11-13-15-17-18-19-20-22-24-26-28-30-34-39-45(54)64-43(41-63-66(60,61)65-51-49(58)47(56)46(55)48(57)50(51)59)40-62-44(53)38-35-31-33-37-42(52)36-32-29-27-25-23-21-16-14-12-10-8-6-4-2/h6,8,12,14,17-18,20-23,26-29,31-33,36,42-43,46-52,55-59H,3-5,7,9-11,13,15-16,19,24-25,30,34-35,37-41H2,1-2H3,(H,60,61)/b8-6-,14-12-,18-17-,22-20-,23-21-,28-26-,29-27-,33-31-,36-32-/t42?,43-,46?,47-,48+,49-,50-,51?/m1/s1. The molecule has 1 aliphatic carbocycles. The van der Waals surface area contributed by atoms with Crippen LogP contribution in [0.15, 0.2) is 109 Å². The van der Waals surface area contributed by atoms with Gasteiger partial charge in [-0.05, 0) is 77.0 Å². The Balaban J connectivity index is 2.59. The van der Waals surface area contributed by atoms with Gasteiger partial charge >= 0.3 is 19.8 Å². The molecule has 1 rings (SSSR count). The third-order valence-electron chi connectivity index (χ3n) is 10.2. The Hall–Kier alpha value is -3.53. The van der Waals surface area contributed by atoms with Crippen LogP contribution in [-0.2, 0) is 32.7 Å². The minimum Gasteiger partial charge on any atom is -0.462 e. The smallest absolute Gasteiger partial charge is 0.462 e. The van der Waals surface area contributed by atoms with E-state index < -0.39 is 81.8 Å². The summed E-state index contributed by atoms with van der Waals surface area (Å²) >= 11 is 0. The van der Waals surface area contributed by atoms with E-state index in [1.54, 1.807) is 24.3 Å². The second-order valence-corrected chi connectivity index (χ2v) is 17.5. The summed E-state index contributed by atoms with van der Waals surface area (Å²) in [6.07, 6.45) is 37.4. The molecule has 7 N–H and O–H groups in total. The van der Waals surface area contributed by atoms with Crippen LogP contribution in [0.1, 0.15) is 136 Å². The first kappa shape index (κ1) is 60.5. The van der Waals surface area contributed by atoms with Crippen LogP contribution >= 0.6 is 7.82 Å². The molecule has 0 bridgehead atoms. The number of carbonyl (C=O) groups excluding carboxylic acids is 2. The van der Waals surface area contributed by atoms with Gasteiger partial charge < -0.3 is 45.0 Å². The first-order valence-electron chi connectivity index (χ1n) is 23.8. The molecule has 0 heterocycles. The number of phosphoric acid groups is 1. The molecule has 374 valence electrons. The maximum Gasteiger partial charge on any atom is 0.472 e. The number of rotatable bonds is 37. The van der Waals surface area contributed by atoms with Crippen molar-refractivity contribution in [1.29, 1.82) is 0 Å². The average molecular weight is 949 g/mol. The van der Waals surface area contributed by atoms with Crippen LogP contribution < -0.4 is 0 Å². The summed E-state index contributed by atoms with van der Waals surface area (Å²) in [5.41, 5.74) is 0. The molecule has 0 spiro atoms. The Kier molecular flexibility index (Phi) is 36.2. The number of aliphatic hydroxyl groups excluding tert-OH is 6. The van der Waals surface area contributed by atoms with E-state index in [2.05, 4.69) is 74.6 Å². The van der Waals surface area contributed by atoms with Crippen molar-refractivity contribution in [1.82, 2.24) is 0 Å². The third-order valence-corrected chi connectivity index (χ3v) is 11.2. The summed E-state index contributed by atoms with van der Waals surface area (Å²) < 4.78 is 33.3. The largest absolute Gasteiger partial charge is 0.472 e. The number of hydrogen-bond acceptors (Lipinski definition) is 13. The summed E-state index contributed by atoms with van der Waals surface area (Å²) in [7, 11) is -5.18. The van der Waals surface area contributed by atoms with Crippen molar-refractivity contribution in [2.24, 2.45) is 0 Å². The number of carbonyl (C=O) groups is 2. The van der Waals surface area contributed by atoms with Crippen LogP contribution in [0.4, 0.5) is 0 Å². The zero-order chi connectivity index (χ0) is 48.7. The van der Waals surface area contributed by atoms with E-state index in [0.717, 1.165) is 44.9 Å². The van der Waals surface area contributed by atoms with Crippen molar-refractivity contribution in [3.05, 3.63) is 109 Å². The predicted octanol–water partition coefficient (Wildman–Crippen LogP) is 8.58. The summed E-state index contributed by atoms with van der Waals surface area (Å²) in [6, 6.07) is 0. The lowest BCUT2D eigenvalue weighted by Crippen LogP contribution is -2.64. The summed E-state index contributed by atoms with van der Waals surface area (Å²) in [6.45, 7) is 2.97. The van der Waals surface area contributed by atoms with Crippen LogP contribution in [0, 0.1) is 0 Å². The molecule has 0 aromatic heterocycles. The SMILES string of the molecule is CC/C=C\C/C=C\C/C=C\C/C=C\C=C/C(O)C/C=C\CCC(=O)OC[C@H](COP(=O)(O)OC1[C@H](O)[C@H](O)C(O)[C@H](O)[C@H]1O)OC(=O)CCC/C=C\C/C=C\C/C=C\CCCCCCCC. The normalized spacial score (nSPS) is 22.7. The van der Waals surface area contributed by atoms with Crippen LogP contribution in [0.25, 0.3) is 0 Å². The maximum atomic E-state index is 12.8. The summed E-state index contributed by atoms with van der Waals surface area (Å²) in [4.78, 5) is 35.7. The first-order chi connectivity index (χ1) is 31.8. The van der Waals surface area contributed by atoms with Crippen molar-refractivity contribution in [3.8, 4) is 0 Å². The number of unbranched alkanes of at least 4 members (excludes halogenated alkanes) is 7. The minimum atomic E-state index is -5.18. The molecular formula is C51H81O14P. The van der Waals surface area contributed by atoms with Crippen LogP contribution in [-0.4, -0.2) is 110 Å². The monoisotopic (exact) mass is 949 g/mol. The van der Waals surface area contributed by atoms with E-state index in [4.69, 9.17) is 18.5 Å². The van der Waals surface area contributed by atoms with E-state index in [-0.39, 0.29) is 19.3 Å². The topological polar surface area (TPSA) is 230 Å². The molecule has 0 aromatic rings. The lowest BCUT2D eigenvalue weighted by atomic mass is 9.85. The van der Waals surface area contributed by atoms with E-state index in [0.29, 0.717) is 19.3 Å². The highest BCUT2D eigenvalue weighted by Gasteiger charge is 2.51. The van der Waals surface area contributed by atoms with E-state index >= 15 is 0 Å². The molecule has 0 aromatic carbocycles. The molecule has 0 saturated heterocycles. The molecule has 1 saturated carbocycles. The van der Waals surface area contributed by atoms with Gasteiger partial charge in [-0.2, -0.15) is 0 Å². The first-order valence-corrected chi connectivity index (χ1v) is 25.3. The van der Waals surface area contributed by atoms with Gasteiger partial charge in [-0.25, -0.2) is 4.57 Å². The molecular weight excluding hydrogens is 868 g/mol. The molecule has 0 radical (unpaired) electrons. The maximum absolute atomic E-state index is 12.8. The Bertz CT molecular complexity index is 1580. The summed E-state index contributed by atoms with van der Waals surface area (Å²) in [5, 5.41) is 60.4. The zero-order valence-corrected chi connectivity index (χ0v) is 40.2. The highest BCUT2D eigenvalue weighted by Crippen LogP contribution is 2.47. The molecule has 0 aliphatic heterocycles. The summed E-state index contributed by atoms with van der Waals surface area (Å²) in [5.74, 6) is -1.35. The van der Waals surface area contributed by atoms with Crippen molar-refractivity contribution in [2.45, 2.75) is 185 Å². The van der Waals surface area contributed by atoms with Crippen molar-refractivity contribution >= 4 is 19.8 Å². The van der Waals surface area contributed by atoms with E-state index in [9.17, 15) is 49.7 Å². The van der Waals surface area contributed by atoms with Gasteiger partial charge in [0.25, 0.3) is 0 Å². The van der Waals surface area contributed by atoms with E-state index in [1.165, 1.54) is 38.5 Å². The molecule has 66 heavy (non-hydrogen) atoms. The van der Waals surface area contributed by atoms with Crippen molar-refractivity contribution in [3.63, 3.8) is 0 Å². The second kappa shape index (κ2) is 39.5. The molecule has 0 amide bonds. The molecule has 14 nitrogen and oxygen atoms in total. The average Bonchev–Trinajstić information content (AvgIpc) is 3.29. The number of aliphatic hydroxyl groups is 6. The quantitative estimate of drug-likeness (QED) is 0.0102. The lowest BCUT2D eigenvalue weighted by molar-refractivity contribution is -0.220. The Morgan fingerprint density at radius 1 is 0.561 bits per heavy atom. The van der Waals surface area contributed by atoms with Gasteiger partial charge in [-0.15, -0.1) is 0 Å². The highest BCUT2D eigenvalue weighted by molar-refractivity contribution is 7.47. The van der Waals surface area contributed by atoms with Gasteiger partial charge in [0.05, 0.1) is 12.7 Å².